The Balaban J connectivity index is 2.23. The molecule has 6 heteroatoms. The molecule has 0 amide bonds. The first-order chi connectivity index (χ1) is 9.87. The summed E-state index contributed by atoms with van der Waals surface area (Å²) in [4.78, 5) is 11.5. The highest BCUT2D eigenvalue weighted by Gasteiger charge is 2.26. The highest BCUT2D eigenvalue weighted by atomic mass is 16.4. The smallest absolute Gasteiger partial charge is 0.308 e. The Morgan fingerprint density at radius 2 is 1.95 bits per heavy atom. The first kappa shape index (κ1) is 15.2. The zero-order valence-corrected chi connectivity index (χ0v) is 12.5. The van der Waals surface area contributed by atoms with E-state index in [4.69, 9.17) is 0 Å². The van der Waals surface area contributed by atoms with Crippen LogP contribution in [-0.2, 0) is 11.3 Å². The lowest BCUT2D eigenvalue weighted by Crippen LogP contribution is -2.26. The topological polar surface area (TPSA) is 80.9 Å². The standard InChI is InChI=1S/C15H20N4O2/c1-15(2,3)9-12(14(20)21)10-19-13(16-17-18-19)11-7-5-4-6-8-11/h4-8,12H,9-10H2,1-3H3,(H,20,21). The number of tetrazole rings is 1. The van der Waals surface area contributed by atoms with Crippen LogP contribution >= 0.6 is 0 Å². The van der Waals surface area contributed by atoms with Crippen LogP contribution in [0.15, 0.2) is 30.3 Å². The fraction of sp³-hybridized carbons (Fsp3) is 0.467. The fourth-order valence-electron chi connectivity index (χ4n) is 2.30. The monoisotopic (exact) mass is 288 g/mol. The number of carboxylic acids is 1. The van der Waals surface area contributed by atoms with E-state index in [-0.39, 0.29) is 12.0 Å². The number of carboxylic acid groups (broad SMARTS) is 1. The van der Waals surface area contributed by atoms with Crippen molar-refractivity contribution in [2.45, 2.75) is 33.7 Å². The fourth-order valence-corrected chi connectivity index (χ4v) is 2.30. The van der Waals surface area contributed by atoms with Crippen LogP contribution in [0.3, 0.4) is 0 Å². The van der Waals surface area contributed by atoms with E-state index >= 15 is 0 Å². The largest absolute Gasteiger partial charge is 0.481 e. The van der Waals surface area contributed by atoms with Gasteiger partial charge < -0.3 is 5.11 Å². The Kier molecular flexibility index (Phi) is 4.35. The van der Waals surface area contributed by atoms with E-state index in [9.17, 15) is 9.90 Å². The summed E-state index contributed by atoms with van der Waals surface area (Å²) in [7, 11) is 0. The lowest BCUT2D eigenvalue weighted by Gasteiger charge is -2.23. The maximum atomic E-state index is 11.5. The van der Waals surface area contributed by atoms with Crippen molar-refractivity contribution in [2.75, 3.05) is 0 Å². The number of hydrogen-bond donors (Lipinski definition) is 1. The van der Waals surface area contributed by atoms with Crippen molar-refractivity contribution >= 4 is 5.97 Å². The van der Waals surface area contributed by atoms with E-state index < -0.39 is 11.9 Å². The molecule has 0 aliphatic rings. The molecule has 0 radical (unpaired) electrons. The van der Waals surface area contributed by atoms with E-state index in [1.807, 2.05) is 51.1 Å². The molecule has 1 heterocycles. The summed E-state index contributed by atoms with van der Waals surface area (Å²) in [5.41, 5.74) is 0.812. The minimum atomic E-state index is -0.820. The zero-order chi connectivity index (χ0) is 15.5. The maximum absolute atomic E-state index is 11.5. The van der Waals surface area contributed by atoms with Gasteiger partial charge in [-0.1, -0.05) is 51.1 Å². The normalized spacial score (nSPS) is 13.1. The molecule has 0 bridgehead atoms. The predicted octanol–water partition coefficient (Wildman–Crippen LogP) is 2.48. The van der Waals surface area contributed by atoms with Crippen molar-refractivity contribution in [3.05, 3.63) is 30.3 Å². The van der Waals surface area contributed by atoms with E-state index in [0.717, 1.165) is 5.56 Å². The number of nitrogens with zero attached hydrogens (tertiary/aromatic N) is 4. The Bertz CT molecular complexity index is 602. The van der Waals surface area contributed by atoms with Gasteiger partial charge in [-0.3, -0.25) is 4.79 Å². The van der Waals surface area contributed by atoms with Gasteiger partial charge in [0.25, 0.3) is 0 Å². The minimum Gasteiger partial charge on any atom is -0.481 e. The van der Waals surface area contributed by atoms with E-state index in [1.165, 1.54) is 0 Å². The number of aliphatic carboxylic acids is 1. The Morgan fingerprint density at radius 3 is 2.52 bits per heavy atom. The van der Waals surface area contributed by atoms with Crippen LogP contribution in [-0.4, -0.2) is 31.3 Å². The third kappa shape index (κ3) is 4.11. The lowest BCUT2D eigenvalue weighted by atomic mass is 9.84. The molecular formula is C15H20N4O2. The average molecular weight is 288 g/mol. The van der Waals surface area contributed by atoms with E-state index in [0.29, 0.717) is 12.2 Å². The van der Waals surface area contributed by atoms with Crippen molar-refractivity contribution in [2.24, 2.45) is 11.3 Å². The molecule has 1 N–H and O–H groups in total. The summed E-state index contributed by atoms with van der Waals surface area (Å²) in [6.07, 6.45) is 0.566. The first-order valence-electron chi connectivity index (χ1n) is 6.91. The SMILES string of the molecule is CC(C)(C)CC(Cn1nnnc1-c1ccccc1)C(=O)O. The molecule has 2 rings (SSSR count). The van der Waals surface area contributed by atoms with Gasteiger partial charge in [-0.15, -0.1) is 5.10 Å². The van der Waals surface area contributed by atoms with Crippen molar-refractivity contribution in [1.29, 1.82) is 0 Å². The average Bonchev–Trinajstić information content (AvgIpc) is 2.85. The Labute approximate surface area is 123 Å². The lowest BCUT2D eigenvalue weighted by molar-refractivity contribution is -0.143. The number of carbonyl (C=O) groups is 1. The molecule has 1 aromatic carbocycles. The molecule has 6 nitrogen and oxygen atoms in total. The number of benzene rings is 1. The second-order valence-electron chi connectivity index (χ2n) is 6.35. The van der Waals surface area contributed by atoms with Crippen molar-refractivity contribution < 1.29 is 9.90 Å². The van der Waals surface area contributed by atoms with Gasteiger partial charge in [0.1, 0.15) is 0 Å². The quantitative estimate of drug-likeness (QED) is 0.914. The highest BCUT2D eigenvalue weighted by molar-refractivity contribution is 5.70. The molecule has 0 spiro atoms. The maximum Gasteiger partial charge on any atom is 0.308 e. The van der Waals surface area contributed by atoms with Crippen LogP contribution < -0.4 is 0 Å². The van der Waals surface area contributed by atoms with Gasteiger partial charge in [0.2, 0.25) is 0 Å². The molecule has 112 valence electrons. The highest BCUT2D eigenvalue weighted by Crippen LogP contribution is 2.26. The molecule has 0 saturated carbocycles. The number of aromatic nitrogens is 4. The molecule has 0 aliphatic carbocycles. The van der Waals surface area contributed by atoms with Crippen LogP contribution in [0.2, 0.25) is 0 Å². The van der Waals surface area contributed by atoms with Gasteiger partial charge >= 0.3 is 5.97 Å². The molecule has 1 atom stereocenters. The number of hydrogen-bond acceptors (Lipinski definition) is 4. The van der Waals surface area contributed by atoms with Crippen LogP contribution in [0.4, 0.5) is 0 Å². The van der Waals surface area contributed by atoms with Crippen molar-refractivity contribution in [3.8, 4) is 11.4 Å². The van der Waals surface area contributed by atoms with E-state index in [1.54, 1.807) is 4.68 Å². The summed E-state index contributed by atoms with van der Waals surface area (Å²) in [6, 6.07) is 9.52. The second kappa shape index (κ2) is 6.03. The molecule has 0 aliphatic heterocycles. The molecule has 2 aromatic rings. The Morgan fingerprint density at radius 1 is 1.29 bits per heavy atom. The van der Waals surface area contributed by atoms with E-state index in [2.05, 4.69) is 15.5 Å². The van der Waals surface area contributed by atoms with Crippen molar-refractivity contribution in [3.63, 3.8) is 0 Å². The van der Waals surface area contributed by atoms with Gasteiger partial charge in [-0.2, -0.15) is 0 Å². The molecular weight excluding hydrogens is 268 g/mol. The third-order valence-electron chi connectivity index (χ3n) is 3.17. The molecule has 1 unspecified atom stereocenters. The van der Waals surface area contributed by atoms with Crippen molar-refractivity contribution in [1.82, 2.24) is 20.2 Å². The minimum absolute atomic E-state index is 0.0655. The van der Waals surface area contributed by atoms with Gasteiger partial charge in [-0.25, -0.2) is 4.68 Å². The van der Waals surface area contributed by atoms with Gasteiger partial charge in [0.15, 0.2) is 5.82 Å². The van der Waals surface area contributed by atoms with Crippen LogP contribution in [0, 0.1) is 11.3 Å². The summed E-state index contributed by atoms with van der Waals surface area (Å²) in [5, 5.41) is 21.0. The van der Waals surface area contributed by atoms with Crippen LogP contribution in [0.25, 0.3) is 11.4 Å². The molecule has 0 saturated heterocycles. The summed E-state index contributed by atoms with van der Waals surface area (Å²) in [5.74, 6) is -0.744. The summed E-state index contributed by atoms with van der Waals surface area (Å²) >= 11 is 0. The van der Waals surface area contributed by atoms with Crippen LogP contribution in [0.5, 0.6) is 0 Å². The predicted molar refractivity (Wildman–Crippen MR) is 78.5 cm³/mol. The second-order valence-corrected chi connectivity index (χ2v) is 6.35. The summed E-state index contributed by atoms with van der Waals surface area (Å²) in [6.45, 7) is 6.35. The van der Waals surface area contributed by atoms with Crippen LogP contribution in [0.1, 0.15) is 27.2 Å². The molecule has 0 fully saturated rings. The third-order valence-corrected chi connectivity index (χ3v) is 3.17. The summed E-state index contributed by atoms with van der Waals surface area (Å²) < 4.78 is 1.57. The molecule has 1 aromatic heterocycles. The number of rotatable bonds is 5. The molecule has 21 heavy (non-hydrogen) atoms. The van der Waals surface area contributed by atoms with Gasteiger partial charge in [0, 0.05) is 5.56 Å². The zero-order valence-electron chi connectivity index (χ0n) is 12.5. The van der Waals surface area contributed by atoms with Gasteiger partial charge in [-0.05, 0) is 22.3 Å². The Hall–Kier alpha value is -2.24. The van der Waals surface area contributed by atoms with Gasteiger partial charge in [0.05, 0.1) is 12.5 Å². The first-order valence-corrected chi connectivity index (χ1v) is 6.91.